The summed E-state index contributed by atoms with van der Waals surface area (Å²) in [5, 5.41) is 18.4. The summed E-state index contributed by atoms with van der Waals surface area (Å²) < 4.78 is 5.61. The van der Waals surface area contributed by atoms with Crippen LogP contribution in [0.2, 0.25) is 0 Å². The minimum atomic E-state index is -1.47. The lowest BCUT2D eigenvalue weighted by molar-refractivity contribution is 0.305. The Morgan fingerprint density at radius 2 is 1.58 bits per heavy atom. The second-order valence-electron chi connectivity index (χ2n) is 4.88. The molecule has 0 aliphatic heterocycles. The zero-order chi connectivity index (χ0) is 13.9. The van der Waals surface area contributed by atoms with Gasteiger partial charge in [-0.15, -0.1) is 0 Å². The highest BCUT2D eigenvalue weighted by Gasteiger charge is 2.15. The van der Waals surface area contributed by atoms with Gasteiger partial charge in [-0.2, -0.15) is 0 Å². The van der Waals surface area contributed by atoms with Gasteiger partial charge in [0.05, 0.1) is 6.61 Å². The predicted molar refractivity (Wildman–Crippen MR) is 79.8 cm³/mol. The van der Waals surface area contributed by atoms with Crippen molar-refractivity contribution >= 4 is 12.6 Å². The van der Waals surface area contributed by atoms with Crippen molar-refractivity contribution in [1.29, 1.82) is 0 Å². The number of benzene rings is 1. The molecular weight excluding hydrogens is 239 g/mol. The summed E-state index contributed by atoms with van der Waals surface area (Å²) in [6.45, 7) is 2.86. The van der Waals surface area contributed by atoms with E-state index in [1.807, 2.05) is 6.07 Å². The molecule has 0 amide bonds. The molecule has 19 heavy (non-hydrogen) atoms. The first-order chi connectivity index (χ1) is 9.25. The first-order valence-electron chi connectivity index (χ1n) is 7.33. The third kappa shape index (κ3) is 6.64. The van der Waals surface area contributed by atoms with E-state index in [2.05, 4.69) is 6.92 Å². The van der Waals surface area contributed by atoms with Gasteiger partial charge >= 0.3 is 7.12 Å². The summed E-state index contributed by atoms with van der Waals surface area (Å²) in [5.74, 6) is 0.573. The average Bonchev–Trinajstić information content (AvgIpc) is 2.42. The second-order valence-corrected chi connectivity index (χ2v) is 4.88. The molecule has 0 aliphatic carbocycles. The van der Waals surface area contributed by atoms with E-state index in [-0.39, 0.29) is 0 Å². The number of hydrogen-bond donors (Lipinski definition) is 2. The number of rotatable bonds is 10. The van der Waals surface area contributed by atoms with E-state index < -0.39 is 7.12 Å². The van der Waals surface area contributed by atoms with Crippen LogP contribution in [-0.2, 0) is 0 Å². The minimum Gasteiger partial charge on any atom is -0.494 e. The molecule has 0 saturated carbocycles. The molecule has 2 N–H and O–H groups in total. The van der Waals surface area contributed by atoms with Crippen LogP contribution < -0.4 is 10.2 Å². The van der Waals surface area contributed by atoms with Gasteiger partial charge in [0.1, 0.15) is 5.75 Å². The summed E-state index contributed by atoms with van der Waals surface area (Å²) in [5.41, 5.74) is 0.436. The van der Waals surface area contributed by atoms with Gasteiger partial charge in [-0.25, -0.2) is 0 Å². The van der Waals surface area contributed by atoms with Crippen molar-refractivity contribution in [3.63, 3.8) is 0 Å². The topological polar surface area (TPSA) is 49.7 Å². The van der Waals surface area contributed by atoms with Gasteiger partial charge in [0, 0.05) is 5.46 Å². The van der Waals surface area contributed by atoms with Crippen molar-refractivity contribution in [3.05, 3.63) is 24.3 Å². The van der Waals surface area contributed by atoms with Crippen molar-refractivity contribution in [1.82, 2.24) is 0 Å². The number of para-hydroxylation sites is 1. The van der Waals surface area contributed by atoms with E-state index >= 15 is 0 Å². The van der Waals surface area contributed by atoms with Crippen molar-refractivity contribution < 1.29 is 14.8 Å². The highest BCUT2D eigenvalue weighted by Crippen LogP contribution is 2.10. The molecule has 0 saturated heterocycles. The maximum Gasteiger partial charge on any atom is 0.492 e. The van der Waals surface area contributed by atoms with Crippen molar-refractivity contribution in [2.45, 2.75) is 51.9 Å². The Hall–Kier alpha value is -0.995. The molecule has 106 valence electrons. The molecule has 1 aromatic rings. The lowest BCUT2D eigenvalue weighted by Crippen LogP contribution is -2.31. The van der Waals surface area contributed by atoms with Crippen LogP contribution in [0.4, 0.5) is 0 Å². The molecule has 0 aromatic heterocycles. The van der Waals surface area contributed by atoms with Gasteiger partial charge in [-0.1, -0.05) is 63.6 Å². The molecule has 0 bridgehead atoms. The van der Waals surface area contributed by atoms with E-state index in [0.717, 1.165) is 6.42 Å². The van der Waals surface area contributed by atoms with Gasteiger partial charge < -0.3 is 14.8 Å². The Balaban J connectivity index is 2.16. The van der Waals surface area contributed by atoms with E-state index in [1.165, 1.54) is 38.5 Å². The predicted octanol–water partition coefficient (Wildman–Crippen LogP) is 2.50. The first kappa shape index (κ1) is 16.1. The van der Waals surface area contributed by atoms with Crippen molar-refractivity contribution in [2.24, 2.45) is 0 Å². The van der Waals surface area contributed by atoms with Gasteiger partial charge in [0.2, 0.25) is 0 Å². The standard InChI is InChI=1S/C15H25BO3/c1-2-3-4-5-6-7-10-13-19-15-12-9-8-11-14(15)16(17)18/h8-9,11-12,17-18H,2-7,10,13H2,1H3. The molecule has 0 unspecified atom stereocenters. The molecule has 1 aromatic carbocycles. The van der Waals surface area contributed by atoms with Crippen LogP contribution in [-0.4, -0.2) is 23.8 Å². The second kappa shape index (κ2) is 9.87. The number of unbranched alkanes of at least 4 members (excludes halogenated alkanes) is 6. The molecular formula is C15H25BO3. The Morgan fingerprint density at radius 3 is 2.26 bits per heavy atom. The molecule has 0 radical (unpaired) electrons. The largest absolute Gasteiger partial charge is 0.494 e. The molecule has 0 aliphatic rings. The molecule has 0 fully saturated rings. The van der Waals surface area contributed by atoms with Crippen LogP contribution in [0.15, 0.2) is 24.3 Å². The van der Waals surface area contributed by atoms with Gasteiger partial charge in [-0.3, -0.25) is 0 Å². The Kier molecular flexibility index (Phi) is 8.35. The van der Waals surface area contributed by atoms with Crippen LogP contribution in [0.1, 0.15) is 51.9 Å². The van der Waals surface area contributed by atoms with E-state index in [1.54, 1.807) is 18.2 Å². The third-order valence-corrected chi connectivity index (χ3v) is 3.20. The van der Waals surface area contributed by atoms with Crippen LogP contribution in [0, 0.1) is 0 Å². The zero-order valence-electron chi connectivity index (χ0n) is 11.8. The lowest BCUT2D eigenvalue weighted by Gasteiger charge is -2.10. The number of ether oxygens (including phenoxy) is 1. The average molecular weight is 264 g/mol. The normalized spacial score (nSPS) is 10.5. The molecule has 1 rings (SSSR count). The summed E-state index contributed by atoms with van der Waals surface area (Å²) in [7, 11) is -1.47. The van der Waals surface area contributed by atoms with Crippen LogP contribution in [0.25, 0.3) is 0 Å². The van der Waals surface area contributed by atoms with Crippen molar-refractivity contribution in [2.75, 3.05) is 6.61 Å². The van der Waals surface area contributed by atoms with E-state index in [9.17, 15) is 10.0 Å². The fraction of sp³-hybridized carbons (Fsp3) is 0.600. The van der Waals surface area contributed by atoms with Gasteiger partial charge in [0.15, 0.2) is 0 Å². The maximum absolute atomic E-state index is 9.20. The summed E-state index contributed by atoms with van der Waals surface area (Å²) in [4.78, 5) is 0. The maximum atomic E-state index is 9.20. The lowest BCUT2D eigenvalue weighted by atomic mass is 9.79. The van der Waals surface area contributed by atoms with E-state index in [4.69, 9.17) is 4.74 Å². The van der Waals surface area contributed by atoms with Crippen LogP contribution in [0.5, 0.6) is 5.75 Å². The van der Waals surface area contributed by atoms with Gasteiger partial charge in [0.25, 0.3) is 0 Å². The van der Waals surface area contributed by atoms with Crippen LogP contribution >= 0.6 is 0 Å². The first-order valence-corrected chi connectivity index (χ1v) is 7.33. The van der Waals surface area contributed by atoms with Crippen molar-refractivity contribution in [3.8, 4) is 5.75 Å². The highest BCUT2D eigenvalue weighted by atomic mass is 16.5. The molecule has 3 nitrogen and oxygen atoms in total. The summed E-state index contributed by atoms with van der Waals surface area (Å²) in [6.07, 6.45) is 8.70. The third-order valence-electron chi connectivity index (χ3n) is 3.20. The Morgan fingerprint density at radius 1 is 0.947 bits per heavy atom. The van der Waals surface area contributed by atoms with Crippen LogP contribution in [0.3, 0.4) is 0 Å². The summed E-state index contributed by atoms with van der Waals surface area (Å²) >= 11 is 0. The smallest absolute Gasteiger partial charge is 0.492 e. The van der Waals surface area contributed by atoms with E-state index in [0.29, 0.717) is 17.8 Å². The van der Waals surface area contributed by atoms with Gasteiger partial charge in [-0.05, 0) is 12.5 Å². The molecule has 4 heteroatoms. The molecule has 0 spiro atoms. The number of hydrogen-bond acceptors (Lipinski definition) is 3. The highest BCUT2D eigenvalue weighted by molar-refractivity contribution is 6.59. The quantitative estimate of drug-likeness (QED) is 0.504. The fourth-order valence-corrected chi connectivity index (χ4v) is 2.07. The Bertz CT molecular complexity index is 342. The zero-order valence-corrected chi connectivity index (χ0v) is 11.8. The molecule has 0 atom stereocenters. The Labute approximate surface area is 116 Å². The minimum absolute atomic E-state index is 0.436. The fourth-order valence-electron chi connectivity index (χ4n) is 2.07. The monoisotopic (exact) mass is 264 g/mol. The summed E-state index contributed by atoms with van der Waals surface area (Å²) in [6, 6.07) is 7.06. The SMILES string of the molecule is CCCCCCCCCOc1ccccc1B(O)O. The molecule has 0 heterocycles.